The Labute approximate surface area is 92.7 Å². The molecule has 3 heteroatoms. The van der Waals surface area contributed by atoms with E-state index in [4.69, 9.17) is 11.3 Å². The number of nitrogens with zero attached hydrogens (tertiary/aromatic N) is 1. The minimum atomic E-state index is -0.363. The maximum absolute atomic E-state index is 12.9. The van der Waals surface area contributed by atoms with Crippen LogP contribution in [0.3, 0.4) is 0 Å². The zero-order valence-corrected chi connectivity index (χ0v) is 8.35. The summed E-state index contributed by atoms with van der Waals surface area (Å²) in [6.45, 7) is 6.96. The Morgan fingerprint density at radius 3 is 2.62 bits per heavy atom. The molecule has 2 aromatic rings. The van der Waals surface area contributed by atoms with Crippen molar-refractivity contribution in [3.05, 3.63) is 65.8 Å². The molecule has 0 N–H and O–H groups in total. The average molecular weight is 213 g/mol. The SMILES string of the molecule is [C-]#[N+]c1ccccc1Oc1cccc(F)c1. The van der Waals surface area contributed by atoms with Crippen LogP contribution in [0.2, 0.25) is 0 Å². The third-order valence-corrected chi connectivity index (χ3v) is 2.01. The van der Waals surface area contributed by atoms with Crippen molar-refractivity contribution in [3.63, 3.8) is 0 Å². The number of rotatable bonds is 2. The van der Waals surface area contributed by atoms with Crippen LogP contribution in [0.4, 0.5) is 10.1 Å². The van der Waals surface area contributed by atoms with Crippen LogP contribution in [0, 0.1) is 12.4 Å². The molecule has 0 aliphatic heterocycles. The van der Waals surface area contributed by atoms with E-state index in [0.717, 1.165) is 0 Å². The number of hydrogen-bond donors (Lipinski definition) is 0. The third kappa shape index (κ3) is 2.18. The molecule has 0 aromatic heterocycles. The fourth-order valence-electron chi connectivity index (χ4n) is 1.29. The molecule has 0 saturated heterocycles. The molecular formula is C13H8FNO. The van der Waals surface area contributed by atoms with Gasteiger partial charge >= 0.3 is 0 Å². The maximum Gasteiger partial charge on any atom is 0.228 e. The first kappa shape index (κ1) is 10.2. The normalized spacial score (nSPS) is 9.50. The lowest BCUT2D eigenvalue weighted by molar-refractivity contribution is 0.479. The fraction of sp³-hybridized carbons (Fsp3) is 0. The second kappa shape index (κ2) is 4.45. The second-order valence-electron chi connectivity index (χ2n) is 3.14. The summed E-state index contributed by atoms with van der Waals surface area (Å²) in [4.78, 5) is 3.32. The van der Waals surface area contributed by atoms with E-state index < -0.39 is 0 Å². The molecule has 16 heavy (non-hydrogen) atoms. The van der Waals surface area contributed by atoms with Crippen LogP contribution in [-0.4, -0.2) is 0 Å². The summed E-state index contributed by atoms with van der Waals surface area (Å²) in [6, 6.07) is 12.7. The van der Waals surface area contributed by atoms with Gasteiger partial charge in [-0.25, -0.2) is 9.24 Å². The molecule has 0 unspecified atom stereocenters. The van der Waals surface area contributed by atoms with Gasteiger partial charge in [-0.2, -0.15) is 0 Å². The lowest BCUT2D eigenvalue weighted by Gasteiger charge is -2.06. The molecule has 0 atom stereocenters. The van der Waals surface area contributed by atoms with Gasteiger partial charge < -0.3 is 4.74 Å². The van der Waals surface area contributed by atoms with Gasteiger partial charge in [0.25, 0.3) is 0 Å². The molecule has 2 rings (SSSR count). The van der Waals surface area contributed by atoms with Gasteiger partial charge in [0, 0.05) is 6.07 Å². The first-order chi connectivity index (χ1) is 7.79. The van der Waals surface area contributed by atoms with E-state index in [1.54, 1.807) is 36.4 Å². The van der Waals surface area contributed by atoms with Crippen LogP contribution in [0.1, 0.15) is 0 Å². The highest BCUT2D eigenvalue weighted by molar-refractivity contribution is 5.58. The van der Waals surface area contributed by atoms with Crippen molar-refractivity contribution in [2.75, 3.05) is 0 Å². The van der Waals surface area contributed by atoms with Crippen molar-refractivity contribution in [3.8, 4) is 11.5 Å². The highest BCUT2D eigenvalue weighted by atomic mass is 19.1. The first-order valence-electron chi connectivity index (χ1n) is 4.69. The summed E-state index contributed by atoms with van der Waals surface area (Å²) in [5, 5.41) is 0. The zero-order valence-electron chi connectivity index (χ0n) is 8.35. The van der Waals surface area contributed by atoms with Gasteiger partial charge in [-0.1, -0.05) is 24.3 Å². The van der Waals surface area contributed by atoms with Gasteiger partial charge in [0.2, 0.25) is 5.69 Å². The topological polar surface area (TPSA) is 13.6 Å². The number of benzene rings is 2. The van der Waals surface area contributed by atoms with Crippen LogP contribution in [-0.2, 0) is 0 Å². The molecule has 0 fully saturated rings. The van der Waals surface area contributed by atoms with Crippen molar-refractivity contribution in [2.45, 2.75) is 0 Å². The van der Waals surface area contributed by atoms with Crippen LogP contribution in [0.5, 0.6) is 11.5 Å². The van der Waals surface area contributed by atoms with Gasteiger partial charge in [0.15, 0.2) is 0 Å². The maximum atomic E-state index is 12.9. The predicted molar refractivity (Wildman–Crippen MR) is 59.2 cm³/mol. The minimum absolute atomic E-state index is 0.363. The molecule has 2 nitrogen and oxygen atoms in total. The number of hydrogen-bond acceptors (Lipinski definition) is 1. The highest BCUT2D eigenvalue weighted by Gasteiger charge is 2.03. The van der Waals surface area contributed by atoms with Gasteiger partial charge in [0.1, 0.15) is 17.3 Å². The van der Waals surface area contributed by atoms with E-state index in [0.29, 0.717) is 17.2 Å². The molecule has 0 spiro atoms. The Morgan fingerprint density at radius 1 is 1.06 bits per heavy atom. The summed E-state index contributed by atoms with van der Waals surface area (Å²) < 4.78 is 18.3. The summed E-state index contributed by atoms with van der Waals surface area (Å²) in [6.07, 6.45) is 0. The average Bonchev–Trinajstić information content (AvgIpc) is 2.30. The largest absolute Gasteiger partial charge is 0.468 e. The lowest BCUT2D eigenvalue weighted by atomic mass is 10.3. The molecule has 0 aliphatic carbocycles. The molecule has 0 aliphatic rings. The molecule has 78 valence electrons. The van der Waals surface area contributed by atoms with Crippen LogP contribution in [0.25, 0.3) is 4.85 Å². The number of ether oxygens (including phenoxy) is 1. The fourth-order valence-corrected chi connectivity index (χ4v) is 1.29. The molecule has 0 amide bonds. The van der Waals surface area contributed by atoms with E-state index in [2.05, 4.69) is 4.85 Å². The first-order valence-corrected chi connectivity index (χ1v) is 4.69. The minimum Gasteiger partial charge on any atom is -0.468 e. The standard InChI is InChI=1S/C13H8FNO/c1-15-12-7-2-3-8-13(12)16-11-6-4-5-10(14)9-11/h2-9H. The smallest absolute Gasteiger partial charge is 0.228 e. The van der Waals surface area contributed by atoms with E-state index in [-0.39, 0.29) is 5.82 Å². The molecule has 0 saturated carbocycles. The van der Waals surface area contributed by atoms with Crippen LogP contribution >= 0.6 is 0 Å². The number of para-hydroxylation sites is 2. The summed E-state index contributed by atoms with van der Waals surface area (Å²) >= 11 is 0. The summed E-state index contributed by atoms with van der Waals surface area (Å²) in [5.41, 5.74) is 0.409. The molecule has 0 radical (unpaired) electrons. The van der Waals surface area contributed by atoms with Crippen molar-refractivity contribution in [1.29, 1.82) is 0 Å². The monoisotopic (exact) mass is 213 g/mol. The molecule has 0 heterocycles. The van der Waals surface area contributed by atoms with Crippen LogP contribution < -0.4 is 4.74 Å². The van der Waals surface area contributed by atoms with Crippen molar-refractivity contribution < 1.29 is 9.13 Å². The third-order valence-electron chi connectivity index (χ3n) is 2.01. The summed E-state index contributed by atoms with van der Waals surface area (Å²) in [7, 11) is 0. The van der Waals surface area contributed by atoms with Gasteiger partial charge in [0.05, 0.1) is 6.57 Å². The van der Waals surface area contributed by atoms with Gasteiger partial charge in [-0.15, -0.1) is 0 Å². The van der Waals surface area contributed by atoms with Crippen molar-refractivity contribution in [2.24, 2.45) is 0 Å². The predicted octanol–water partition coefficient (Wildman–Crippen LogP) is 4.17. The summed E-state index contributed by atoms with van der Waals surface area (Å²) in [5.74, 6) is 0.456. The zero-order chi connectivity index (χ0) is 11.4. The van der Waals surface area contributed by atoms with Gasteiger partial charge in [-0.3, -0.25) is 0 Å². The second-order valence-corrected chi connectivity index (χ2v) is 3.14. The Kier molecular flexibility index (Phi) is 2.84. The Balaban J connectivity index is 2.31. The van der Waals surface area contributed by atoms with E-state index >= 15 is 0 Å². The Bertz CT molecular complexity index is 546. The Hall–Kier alpha value is -2.34. The van der Waals surface area contributed by atoms with E-state index in [1.807, 2.05) is 0 Å². The van der Waals surface area contributed by atoms with Crippen molar-refractivity contribution >= 4 is 5.69 Å². The lowest BCUT2D eigenvalue weighted by Crippen LogP contribution is -1.84. The van der Waals surface area contributed by atoms with E-state index in [9.17, 15) is 4.39 Å². The Morgan fingerprint density at radius 2 is 1.88 bits per heavy atom. The highest BCUT2D eigenvalue weighted by Crippen LogP contribution is 2.31. The van der Waals surface area contributed by atoms with Gasteiger partial charge in [-0.05, 0) is 18.2 Å². The van der Waals surface area contributed by atoms with Crippen molar-refractivity contribution in [1.82, 2.24) is 0 Å². The van der Waals surface area contributed by atoms with Crippen LogP contribution in [0.15, 0.2) is 48.5 Å². The molecule has 2 aromatic carbocycles. The quantitative estimate of drug-likeness (QED) is 0.682. The van der Waals surface area contributed by atoms with E-state index in [1.165, 1.54) is 12.1 Å². The number of halogens is 1. The molecular weight excluding hydrogens is 205 g/mol. The molecule has 0 bridgehead atoms.